The summed E-state index contributed by atoms with van der Waals surface area (Å²) in [5.41, 5.74) is 3.76. The standard InChI is InChI=1S/C20H13Cl2N3O2/c1-11-14(20-25-17-9-13(21)8-15(22)18(17)27-20)5-2-6-16(11)24-19(26)12-4-3-7-23-10-12/h2-10H,1H3,(H,24,26). The van der Waals surface area contributed by atoms with Crippen molar-refractivity contribution in [2.24, 2.45) is 0 Å². The summed E-state index contributed by atoms with van der Waals surface area (Å²) in [7, 11) is 0. The van der Waals surface area contributed by atoms with Crippen molar-refractivity contribution in [3.05, 3.63) is 76.0 Å². The van der Waals surface area contributed by atoms with E-state index in [9.17, 15) is 4.79 Å². The molecule has 0 radical (unpaired) electrons. The van der Waals surface area contributed by atoms with Gasteiger partial charge in [0.25, 0.3) is 5.91 Å². The fraction of sp³-hybridized carbons (Fsp3) is 0.0500. The van der Waals surface area contributed by atoms with Gasteiger partial charge < -0.3 is 9.73 Å². The van der Waals surface area contributed by atoms with E-state index in [4.69, 9.17) is 27.6 Å². The molecule has 0 fully saturated rings. The van der Waals surface area contributed by atoms with Crippen molar-refractivity contribution in [3.8, 4) is 11.5 Å². The van der Waals surface area contributed by atoms with Crippen LogP contribution in [0.25, 0.3) is 22.6 Å². The highest BCUT2D eigenvalue weighted by Crippen LogP contribution is 2.34. The molecule has 0 bridgehead atoms. The molecule has 1 amide bonds. The number of halogens is 2. The second kappa shape index (κ2) is 7.02. The summed E-state index contributed by atoms with van der Waals surface area (Å²) < 4.78 is 5.84. The predicted octanol–water partition coefficient (Wildman–Crippen LogP) is 5.76. The number of anilines is 1. The molecular formula is C20H13Cl2N3O2. The normalized spacial score (nSPS) is 10.9. The number of oxazole rings is 1. The lowest BCUT2D eigenvalue weighted by Crippen LogP contribution is -2.13. The minimum Gasteiger partial charge on any atom is -0.434 e. The first-order valence-electron chi connectivity index (χ1n) is 8.10. The molecule has 134 valence electrons. The summed E-state index contributed by atoms with van der Waals surface area (Å²) in [6.07, 6.45) is 3.13. The maximum atomic E-state index is 12.4. The van der Waals surface area contributed by atoms with Crippen LogP contribution >= 0.6 is 23.2 Å². The molecule has 0 spiro atoms. The minimum absolute atomic E-state index is 0.240. The third-order valence-corrected chi connectivity index (χ3v) is 4.64. The molecule has 7 heteroatoms. The topological polar surface area (TPSA) is 68.0 Å². The van der Waals surface area contributed by atoms with E-state index in [0.29, 0.717) is 38.3 Å². The molecule has 5 nitrogen and oxygen atoms in total. The van der Waals surface area contributed by atoms with E-state index in [1.54, 1.807) is 30.5 Å². The van der Waals surface area contributed by atoms with Crippen LogP contribution in [0.2, 0.25) is 10.0 Å². The minimum atomic E-state index is -0.240. The lowest BCUT2D eigenvalue weighted by atomic mass is 10.1. The molecule has 4 rings (SSSR count). The average Bonchev–Trinajstić information content (AvgIpc) is 3.08. The van der Waals surface area contributed by atoms with Crippen molar-refractivity contribution >= 4 is 45.9 Å². The van der Waals surface area contributed by atoms with Gasteiger partial charge in [-0.05, 0) is 48.9 Å². The molecule has 2 aromatic carbocycles. The molecule has 0 unspecified atom stereocenters. The highest BCUT2D eigenvalue weighted by atomic mass is 35.5. The third kappa shape index (κ3) is 3.39. The number of nitrogens with zero attached hydrogens (tertiary/aromatic N) is 2. The number of pyridine rings is 1. The number of nitrogens with one attached hydrogen (secondary N) is 1. The Balaban J connectivity index is 1.72. The maximum absolute atomic E-state index is 12.4. The van der Waals surface area contributed by atoms with Gasteiger partial charge in [0.05, 0.1) is 10.6 Å². The summed E-state index contributed by atoms with van der Waals surface area (Å²) in [6, 6.07) is 12.2. The number of fused-ring (bicyclic) bond motifs is 1. The Morgan fingerprint density at radius 2 is 2.00 bits per heavy atom. The highest BCUT2D eigenvalue weighted by Gasteiger charge is 2.16. The molecule has 0 aliphatic rings. The van der Waals surface area contributed by atoms with Gasteiger partial charge in [0.15, 0.2) is 5.58 Å². The van der Waals surface area contributed by atoms with Crippen molar-refractivity contribution in [2.45, 2.75) is 6.92 Å². The first-order chi connectivity index (χ1) is 13.0. The summed E-state index contributed by atoms with van der Waals surface area (Å²) in [5.74, 6) is 0.167. The van der Waals surface area contributed by atoms with Crippen molar-refractivity contribution in [1.82, 2.24) is 9.97 Å². The van der Waals surface area contributed by atoms with Crippen molar-refractivity contribution in [1.29, 1.82) is 0 Å². The van der Waals surface area contributed by atoms with Gasteiger partial charge in [-0.25, -0.2) is 4.98 Å². The molecule has 2 aromatic heterocycles. The number of carbonyl (C=O) groups excluding carboxylic acids is 1. The first-order valence-corrected chi connectivity index (χ1v) is 8.85. The Labute approximate surface area is 165 Å². The number of aromatic nitrogens is 2. The summed E-state index contributed by atoms with van der Waals surface area (Å²) in [4.78, 5) is 20.9. The molecular weight excluding hydrogens is 385 g/mol. The molecule has 0 atom stereocenters. The van der Waals surface area contributed by atoms with Gasteiger partial charge in [0.2, 0.25) is 5.89 Å². The quantitative estimate of drug-likeness (QED) is 0.477. The van der Waals surface area contributed by atoms with Crippen molar-refractivity contribution < 1.29 is 9.21 Å². The number of benzene rings is 2. The second-order valence-electron chi connectivity index (χ2n) is 5.93. The lowest BCUT2D eigenvalue weighted by molar-refractivity contribution is 0.102. The molecule has 2 heterocycles. The van der Waals surface area contributed by atoms with Crippen LogP contribution in [0.4, 0.5) is 5.69 Å². The van der Waals surface area contributed by atoms with Crippen LogP contribution in [-0.2, 0) is 0 Å². The zero-order chi connectivity index (χ0) is 19.0. The van der Waals surface area contributed by atoms with E-state index in [0.717, 1.165) is 11.1 Å². The third-order valence-electron chi connectivity index (χ3n) is 4.15. The van der Waals surface area contributed by atoms with Crippen LogP contribution in [0.5, 0.6) is 0 Å². The largest absolute Gasteiger partial charge is 0.434 e. The smallest absolute Gasteiger partial charge is 0.257 e. The molecule has 1 N–H and O–H groups in total. The molecule has 0 aliphatic carbocycles. The summed E-state index contributed by atoms with van der Waals surface area (Å²) in [5, 5.41) is 3.78. The van der Waals surface area contributed by atoms with Gasteiger partial charge in [-0.3, -0.25) is 9.78 Å². The fourth-order valence-electron chi connectivity index (χ4n) is 2.77. The molecule has 0 aliphatic heterocycles. The number of hydrogen-bond donors (Lipinski definition) is 1. The van der Waals surface area contributed by atoms with Crippen LogP contribution in [0.3, 0.4) is 0 Å². The van der Waals surface area contributed by atoms with Crippen LogP contribution in [0.1, 0.15) is 15.9 Å². The summed E-state index contributed by atoms with van der Waals surface area (Å²) >= 11 is 12.2. The van der Waals surface area contributed by atoms with Gasteiger partial charge >= 0.3 is 0 Å². The Hall–Kier alpha value is -2.89. The van der Waals surface area contributed by atoms with Crippen LogP contribution in [0.15, 0.2) is 59.3 Å². The number of carbonyl (C=O) groups is 1. The highest BCUT2D eigenvalue weighted by molar-refractivity contribution is 6.38. The van der Waals surface area contributed by atoms with Crippen molar-refractivity contribution in [2.75, 3.05) is 5.32 Å². The van der Waals surface area contributed by atoms with Crippen LogP contribution in [0, 0.1) is 6.92 Å². The van der Waals surface area contributed by atoms with Crippen LogP contribution in [-0.4, -0.2) is 15.9 Å². The zero-order valence-electron chi connectivity index (χ0n) is 14.2. The Morgan fingerprint density at radius 1 is 1.15 bits per heavy atom. The van der Waals surface area contributed by atoms with Gasteiger partial charge in [0, 0.05) is 28.7 Å². The maximum Gasteiger partial charge on any atom is 0.257 e. The van der Waals surface area contributed by atoms with Crippen LogP contribution < -0.4 is 5.32 Å². The number of rotatable bonds is 3. The van der Waals surface area contributed by atoms with Gasteiger partial charge in [-0.15, -0.1) is 0 Å². The molecule has 0 saturated carbocycles. The van der Waals surface area contributed by atoms with E-state index >= 15 is 0 Å². The molecule has 0 saturated heterocycles. The number of amides is 1. The first kappa shape index (κ1) is 17.5. The van der Waals surface area contributed by atoms with E-state index in [2.05, 4.69) is 15.3 Å². The monoisotopic (exact) mass is 397 g/mol. The number of hydrogen-bond acceptors (Lipinski definition) is 4. The Morgan fingerprint density at radius 3 is 2.78 bits per heavy atom. The Bertz CT molecular complexity index is 1160. The second-order valence-corrected chi connectivity index (χ2v) is 6.77. The predicted molar refractivity (Wildman–Crippen MR) is 106 cm³/mol. The summed E-state index contributed by atoms with van der Waals surface area (Å²) in [6.45, 7) is 1.89. The fourth-order valence-corrected chi connectivity index (χ4v) is 3.29. The van der Waals surface area contributed by atoms with E-state index in [1.807, 2.05) is 25.1 Å². The van der Waals surface area contributed by atoms with Gasteiger partial charge in [-0.1, -0.05) is 29.3 Å². The Kier molecular flexibility index (Phi) is 4.56. The average molecular weight is 398 g/mol. The van der Waals surface area contributed by atoms with Gasteiger partial charge in [0.1, 0.15) is 5.52 Å². The lowest BCUT2D eigenvalue weighted by Gasteiger charge is -2.10. The van der Waals surface area contributed by atoms with E-state index < -0.39 is 0 Å². The van der Waals surface area contributed by atoms with E-state index in [1.165, 1.54) is 6.20 Å². The molecule has 4 aromatic rings. The molecule has 27 heavy (non-hydrogen) atoms. The van der Waals surface area contributed by atoms with Gasteiger partial charge in [-0.2, -0.15) is 0 Å². The van der Waals surface area contributed by atoms with E-state index in [-0.39, 0.29) is 5.91 Å². The zero-order valence-corrected chi connectivity index (χ0v) is 15.7. The SMILES string of the molecule is Cc1c(NC(=O)c2cccnc2)cccc1-c1nc2cc(Cl)cc(Cl)c2o1. The van der Waals surface area contributed by atoms with Crippen molar-refractivity contribution in [3.63, 3.8) is 0 Å².